The van der Waals surface area contributed by atoms with Crippen molar-refractivity contribution in [3.05, 3.63) is 45.9 Å². The number of nitrogens with one attached hydrogen (secondary N) is 1. The van der Waals surface area contributed by atoms with Crippen molar-refractivity contribution in [3.63, 3.8) is 0 Å². The number of likely N-dealkylation sites (N-methyl/N-ethyl adjacent to an activating group) is 1. The van der Waals surface area contributed by atoms with Crippen LogP contribution in [0.1, 0.15) is 11.8 Å². The molecule has 5 heteroatoms. The Morgan fingerprint density at radius 3 is 3.05 bits per heavy atom. The average molecular weight is 313 g/mol. The minimum absolute atomic E-state index is 0.467. The molecule has 1 aromatic heterocycles. The Hall–Kier alpha value is -0.550. The van der Waals surface area contributed by atoms with E-state index in [0.717, 1.165) is 23.7 Å². The van der Waals surface area contributed by atoms with Crippen LogP contribution in [0.5, 0.6) is 0 Å². The Labute approximate surface area is 127 Å². The van der Waals surface area contributed by atoms with Crippen molar-refractivity contribution in [2.75, 3.05) is 12.3 Å². The smallest absolute Gasteiger partial charge is 0.0794 e. The fourth-order valence-corrected chi connectivity index (χ4v) is 3.76. The minimum atomic E-state index is 0.467. The van der Waals surface area contributed by atoms with Gasteiger partial charge in [0.25, 0.3) is 0 Å². The molecule has 0 bridgehead atoms. The molecule has 2 rings (SSSR count). The van der Waals surface area contributed by atoms with E-state index >= 15 is 0 Å². The van der Waals surface area contributed by atoms with Crippen LogP contribution in [0.3, 0.4) is 0 Å². The van der Waals surface area contributed by atoms with E-state index in [1.54, 1.807) is 11.3 Å². The van der Waals surface area contributed by atoms with Gasteiger partial charge in [0.1, 0.15) is 0 Å². The van der Waals surface area contributed by atoms with E-state index in [9.17, 15) is 0 Å². The molecule has 19 heavy (non-hydrogen) atoms. The van der Waals surface area contributed by atoms with Crippen LogP contribution in [-0.2, 0) is 6.42 Å². The van der Waals surface area contributed by atoms with Crippen molar-refractivity contribution in [2.24, 2.45) is 0 Å². The van der Waals surface area contributed by atoms with Crippen molar-refractivity contribution in [3.8, 4) is 0 Å². The van der Waals surface area contributed by atoms with Crippen molar-refractivity contribution in [1.29, 1.82) is 0 Å². The van der Waals surface area contributed by atoms with Gasteiger partial charge in [-0.3, -0.25) is 4.98 Å². The Kier molecular flexibility index (Phi) is 6.17. The Bertz CT molecular complexity index is 488. The first-order valence-electron chi connectivity index (χ1n) is 6.27. The van der Waals surface area contributed by atoms with Gasteiger partial charge in [0, 0.05) is 32.8 Å². The molecular weight excluding hydrogens is 296 g/mol. The zero-order chi connectivity index (χ0) is 13.5. The predicted octanol–water partition coefficient (Wildman–Crippen LogP) is 4.11. The average Bonchev–Trinajstić information content (AvgIpc) is 2.89. The monoisotopic (exact) mass is 312 g/mol. The van der Waals surface area contributed by atoms with Crippen LogP contribution in [0.25, 0.3) is 0 Å². The number of hydrogen-bond acceptors (Lipinski definition) is 4. The lowest BCUT2D eigenvalue weighted by molar-refractivity contribution is 0.576. The molecule has 0 aliphatic carbocycles. The van der Waals surface area contributed by atoms with Gasteiger partial charge < -0.3 is 5.32 Å². The van der Waals surface area contributed by atoms with Gasteiger partial charge in [0.05, 0.1) is 5.51 Å². The van der Waals surface area contributed by atoms with Crippen LogP contribution in [-0.4, -0.2) is 23.3 Å². The lowest BCUT2D eigenvalue weighted by Gasteiger charge is -2.16. The standard InChI is InChI=1S/C14H17ClN2S2/c1-2-17-12(7-14-8-16-10-19-14)9-18-13-5-3-4-11(15)6-13/h3-6,8,10,12,17H,2,7,9H2,1H3. The third kappa shape index (κ3) is 5.15. The van der Waals surface area contributed by atoms with Crippen molar-refractivity contribution in [1.82, 2.24) is 10.3 Å². The first kappa shape index (κ1) is 14.9. The van der Waals surface area contributed by atoms with Crippen molar-refractivity contribution >= 4 is 34.7 Å². The number of nitrogens with zero attached hydrogens (tertiary/aromatic N) is 1. The summed E-state index contributed by atoms with van der Waals surface area (Å²) in [6.45, 7) is 3.13. The number of benzene rings is 1. The fourth-order valence-electron chi connectivity index (χ4n) is 1.82. The Morgan fingerprint density at radius 2 is 2.37 bits per heavy atom. The summed E-state index contributed by atoms with van der Waals surface area (Å²) in [5.41, 5.74) is 1.89. The lowest BCUT2D eigenvalue weighted by atomic mass is 10.2. The number of rotatable bonds is 7. The van der Waals surface area contributed by atoms with E-state index in [4.69, 9.17) is 11.6 Å². The highest BCUT2D eigenvalue weighted by molar-refractivity contribution is 7.99. The molecule has 0 aliphatic heterocycles. The normalized spacial score (nSPS) is 12.5. The molecule has 0 fully saturated rings. The van der Waals surface area contributed by atoms with Crippen LogP contribution < -0.4 is 5.32 Å². The summed E-state index contributed by atoms with van der Waals surface area (Å²) in [5, 5.41) is 4.33. The zero-order valence-corrected chi connectivity index (χ0v) is 13.2. The largest absolute Gasteiger partial charge is 0.313 e. The van der Waals surface area contributed by atoms with Gasteiger partial charge >= 0.3 is 0 Å². The highest BCUT2D eigenvalue weighted by Gasteiger charge is 2.10. The maximum Gasteiger partial charge on any atom is 0.0794 e. The van der Waals surface area contributed by atoms with Crippen molar-refractivity contribution in [2.45, 2.75) is 24.3 Å². The zero-order valence-electron chi connectivity index (χ0n) is 10.8. The molecule has 2 nitrogen and oxygen atoms in total. The van der Waals surface area contributed by atoms with Crippen LogP contribution in [0.15, 0.2) is 40.9 Å². The summed E-state index contributed by atoms with van der Waals surface area (Å²) in [4.78, 5) is 6.68. The summed E-state index contributed by atoms with van der Waals surface area (Å²) in [6.07, 6.45) is 2.99. The summed E-state index contributed by atoms with van der Waals surface area (Å²) in [7, 11) is 0. The maximum absolute atomic E-state index is 6.00. The molecule has 0 saturated carbocycles. The number of aromatic nitrogens is 1. The summed E-state index contributed by atoms with van der Waals surface area (Å²) in [6, 6.07) is 8.49. The van der Waals surface area contributed by atoms with E-state index in [1.807, 2.05) is 41.7 Å². The molecule has 2 aromatic rings. The summed E-state index contributed by atoms with van der Waals surface area (Å²) >= 11 is 9.56. The van der Waals surface area contributed by atoms with Crippen LogP contribution >= 0.6 is 34.7 Å². The second-order valence-electron chi connectivity index (χ2n) is 4.19. The quantitative estimate of drug-likeness (QED) is 0.779. The van der Waals surface area contributed by atoms with Crippen LogP contribution in [0, 0.1) is 0 Å². The molecule has 0 saturated heterocycles. The molecule has 102 valence electrons. The van der Waals surface area contributed by atoms with E-state index in [1.165, 1.54) is 9.77 Å². The van der Waals surface area contributed by atoms with Crippen molar-refractivity contribution < 1.29 is 0 Å². The third-order valence-electron chi connectivity index (χ3n) is 2.67. The van der Waals surface area contributed by atoms with Gasteiger partial charge in [0.15, 0.2) is 0 Å². The molecule has 0 spiro atoms. The van der Waals surface area contributed by atoms with Crippen LogP contribution in [0.2, 0.25) is 5.02 Å². The second-order valence-corrected chi connectivity index (χ2v) is 6.70. The molecule has 0 amide bonds. The van der Waals surface area contributed by atoms with Gasteiger partial charge in [-0.05, 0) is 31.2 Å². The van der Waals surface area contributed by atoms with E-state index in [2.05, 4.69) is 23.3 Å². The second kappa shape index (κ2) is 7.90. The summed E-state index contributed by atoms with van der Waals surface area (Å²) < 4.78 is 0. The molecule has 1 aromatic carbocycles. The lowest BCUT2D eigenvalue weighted by Crippen LogP contribution is -2.32. The molecule has 1 N–H and O–H groups in total. The SMILES string of the molecule is CCNC(CSc1cccc(Cl)c1)Cc1cncs1. The fraction of sp³-hybridized carbons (Fsp3) is 0.357. The van der Waals surface area contributed by atoms with Gasteiger partial charge in [0.2, 0.25) is 0 Å². The number of thiazole rings is 1. The highest BCUT2D eigenvalue weighted by atomic mass is 35.5. The first-order valence-corrected chi connectivity index (χ1v) is 8.51. The van der Waals surface area contributed by atoms with Gasteiger partial charge in [-0.1, -0.05) is 24.6 Å². The molecule has 1 atom stereocenters. The van der Waals surface area contributed by atoms with E-state index in [0.29, 0.717) is 6.04 Å². The third-order valence-corrected chi connectivity index (χ3v) is 4.86. The Balaban J connectivity index is 1.89. The number of halogens is 1. The van der Waals surface area contributed by atoms with E-state index in [-0.39, 0.29) is 0 Å². The molecule has 0 radical (unpaired) electrons. The van der Waals surface area contributed by atoms with E-state index < -0.39 is 0 Å². The number of hydrogen-bond donors (Lipinski definition) is 1. The molecule has 1 unspecified atom stereocenters. The maximum atomic E-state index is 6.00. The molecule has 1 heterocycles. The highest BCUT2D eigenvalue weighted by Crippen LogP contribution is 2.23. The van der Waals surface area contributed by atoms with Gasteiger partial charge in [-0.25, -0.2) is 0 Å². The Morgan fingerprint density at radius 1 is 1.47 bits per heavy atom. The van der Waals surface area contributed by atoms with Gasteiger partial charge in [-0.15, -0.1) is 23.1 Å². The summed E-state index contributed by atoms with van der Waals surface area (Å²) in [5.74, 6) is 1.03. The van der Waals surface area contributed by atoms with Crippen LogP contribution in [0.4, 0.5) is 0 Å². The number of thioether (sulfide) groups is 1. The molecular formula is C14H17ClN2S2. The van der Waals surface area contributed by atoms with Gasteiger partial charge in [-0.2, -0.15) is 0 Å². The minimum Gasteiger partial charge on any atom is -0.313 e. The molecule has 0 aliphatic rings. The first-order chi connectivity index (χ1) is 9.28. The predicted molar refractivity (Wildman–Crippen MR) is 85.5 cm³/mol. The topological polar surface area (TPSA) is 24.9 Å².